The zero-order valence-corrected chi connectivity index (χ0v) is 11.6. The van der Waals surface area contributed by atoms with Gasteiger partial charge in [-0.25, -0.2) is 0 Å². The van der Waals surface area contributed by atoms with Gasteiger partial charge in [0.2, 0.25) is 0 Å². The van der Waals surface area contributed by atoms with Crippen molar-refractivity contribution in [3.05, 3.63) is 35.4 Å². The number of hydrogen-bond donors (Lipinski definition) is 1. The van der Waals surface area contributed by atoms with Gasteiger partial charge in [0, 0.05) is 19.3 Å². The van der Waals surface area contributed by atoms with Crippen LogP contribution in [0.3, 0.4) is 0 Å². The van der Waals surface area contributed by atoms with Crippen molar-refractivity contribution in [2.24, 2.45) is 5.92 Å². The van der Waals surface area contributed by atoms with E-state index in [1.54, 1.807) is 0 Å². The lowest BCUT2D eigenvalue weighted by atomic mass is 9.83. The van der Waals surface area contributed by atoms with Crippen molar-refractivity contribution in [2.75, 3.05) is 26.9 Å². The number of rotatable bonds is 3. The van der Waals surface area contributed by atoms with Crippen molar-refractivity contribution in [2.45, 2.75) is 31.4 Å². The average molecular weight is 261 g/mol. The van der Waals surface area contributed by atoms with Gasteiger partial charge in [0.1, 0.15) is 0 Å². The summed E-state index contributed by atoms with van der Waals surface area (Å²) < 4.78 is 11.6. The summed E-state index contributed by atoms with van der Waals surface area (Å²) in [5.74, 6) is 0.648. The molecule has 0 saturated carbocycles. The maximum Gasteiger partial charge on any atom is 0.0983 e. The van der Waals surface area contributed by atoms with Crippen molar-refractivity contribution in [3.63, 3.8) is 0 Å². The molecule has 0 aliphatic carbocycles. The smallest absolute Gasteiger partial charge is 0.0983 e. The second kappa shape index (κ2) is 6.04. The molecule has 3 rings (SSSR count). The average Bonchev–Trinajstić information content (AvgIpc) is 2.49. The Morgan fingerprint density at radius 3 is 2.74 bits per heavy atom. The Balaban J connectivity index is 1.83. The molecule has 2 atom stereocenters. The summed E-state index contributed by atoms with van der Waals surface area (Å²) in [6, 6.07) is 9.11. The van der Waals surface area contributed by atoms with Crippen molar-refractivity contribution >= 4 is 0 Å². The maximum absolute atomic E-state index is 6.11. The van der Waals surface area contributed by atoms with Crippen LogP contribution >= 0.6 is 0 Å². The van der Waals surface area contributed by atoms with E-state index >= 15 is 0 Å². The molecule has 1 N–H and O–H groups in total. The molecule has 2 aliphatic rings. The molecule has 1 aromatic carbocycles. The third-order valence-corrected chi connectivity index (χ3v) is 4.46. The fourth-order valence-electron chi connectivity index (χ4n) is 3.43. The van der Waals surface area contributed by atoms with Crippen LogP contribution in [0.25, 0.3) is 0 Å². The molecule has 3 heteroatoms. The van der Waals surface area contributed by atoms with Crippen molar-refractivity contribution in [1.29, 1.82) is 0 Å². The van der Waals surface area contributed by atoms with Crippen LogP contribution in [0.5, 0.6) is 0 Å². The first-order valence-electron chi connectivity index (χ1n) is 7.34. The zero-order chi connectivity index (χ0) is 13.1. The molecule has 0 aromatic heterocycles. The van der Waals surface area contributed by atoms with E-state index in [9.17, 15) is 0 Å². The van der Waals surface area contributed by atoms with Crippen molar-refractivity contribution in [3.8, 4) is 0 Å². The molecule has 1 saturated heterocycles. The normalized spacial score (nSPS) is 25.8. The van der Waals surface area contributed by atoms with Gasteiger partial charge in [0.25, 0.3) is 0 Å². The van der Waals surface area contributed by atoms with Gasteiger partial charge >= 0.3 is 0 Å². The fourth-order valence-corrected chi connectivity index (χ4v) is 3.43. The third-order valence-electron chi connectivity index (χ3n) is 4.46. The van der Waals surface area contributed by atoms with E-state index in [4.69, 9.17) is 9.47 Å². The topological polar surface area (TPSA) is 30.5 Å². The van der Waals surface area contributed by atoms with Crippen molar-refractivity contribution < 1.29 is 9.47 Å². The SMILES string of the molecule is CNC(C1CCOCC1)C1OCCc2ccccc21. The number of hydrogen-bond acceptors (Lipinski definition) is 3. The van der Waals surface area contributed by atoms with E-state index in [1.807, 2.05) is 0 Å². The number of fused-ring (bicyclic) bond motifs is 1. The highest BCUT2D eigenvalue weighted by molar-refractivity contribution is 5.32. The van der Waals surface area contributed by atoms with Crippen LogP contribution in [-0.2, 0) is 15.9 Å². The van der Waals surface area contributed by atoms with Gasteiger partial charge in [-0.2, -0.15) is 0 Å². The van der Waals surface area contributed by atoms with Gasteiger partial charge < -0.3 is 14.8 Å². The monoisotopic (exact) mass is 261 g/mol. The molecule has 1 fully saturated rings. The van der Waals surface area contributed by atoms with Gasteiger partial charge in [-0.15, -0.1) is 0 Å². The van der Waals surface area contributed by atoms with Crippen LogP contribution in [0.1, 0.15) is 30.1 Å². The molecule has 2 aliphatic heterocycles. The molecule has 0 spiro atoms. The Kier molecular flexibility index (Phi) is 4.16. The number of ether oxygens (including phenoxy) is 2. The summed E-state index contributed by atoms with van der Waals surface area (Å²) in [5.41, 5.74) is 2.82. The minimum Gasteiger partial charge on any atom is -0.381 e. The summed E-state index contributed by atoms with van der Waals surface area (Å²) in [6.07, 6.45) is 3.50. The summed E-state index contributed by atoms with van der Waals surface area (Å²) in [4.78, 5) is 0. The fraction of sp³-hybridized carbons (Fsp3) is 0.625. The molecule has 19 heavy (non-hydrogen) atoms. The van der Waals surface area contributed by atoms with Crippen LogP contribution < -0.4 is 5.32 Å². The van der Waals surface area contributed by atoms with Gasteiger partial charge in [-0.3, -0.25) is 0 Å². The van der Waals surface area contributed by atoms with Gasteiger partial charge in [-0.1, -0.05) is 24.3 Å². The quantitative estimate of drug-likeness (QED) is 0.905. The second-order valence-electron chi connectivity index (χ2n) is 5.50. The largest absolute Gasteiger partial charge is 0.381 e. The third kappa shape index (κ3) is 2.69. The Morgan fingerprint density at radius 1 is 1.16 bits per heavy atom. The molecule has 3 nitrogen and oxygen atoms in total. The molecular formula is C16H23NO2. The standard InChI is InChI=1S/C16H23NO2/c1-17-15(13-6-9-18-10-7-13)16-14-5-3-2-4-12(14)8-11-19-16/h2-5,13,15-17H,6-11H2,1H3. The molecule has 0 radical (unpaired) electrons. The lowest BCUT2D eigenvalue weighted by Gasteiger charge is -2.38. The summed E-state index contributed by atoms with van der Waals surface area (Å²) in [7, 11) is 2.06. The number of benzene rings is 1. The highest BCUT2D eigenvalue weighted by atomic mass is 16.5. The lowest BCUT2D eigenvalue weighted by Crippen LogP contribution is -2.43. The molecule has 1 aromatic rings. The Bertz CT molecular complexity index is 415. The minimum atomic E-state index is 0.193. The molecule has 0 bridgehead atoms. The molecule has 104 valence electrons. The first kappa shape index (κ1) is 13.1. The highest BCUT2D eigenvalue weighted by Crippen LogP contribution is 2.35. The highest BCUT2D eigenvalue weighted by Gasteiger charge is 2.34. The van der Waals surface area contributed by atoms with Gasteiger partial charge in [-0.05, 0) is 43.4 Å². The van der Waals surface area contributed by atoms with Crippen LogP contribution in [0.15, 0.2) is 24.3 Å². The Morgan fingerprint density at radius 2 is 1.95 bits per heavy atom. The lowest BCUT2D eigenvalue weighted by molar-refractivity contribution is -0.0223. The van der Waals surface area contributed by atoms with E-state index < -0.39 is 0 Å². The Labute approximate surface area is 115 Å². The zero-order valence-electron chi connectivity index (χ0n) is 11.6. The Hall–Kier alpha value is -0.900. The molecule has 2 heterocycles. The summed E-state index contributed by atoms with van der Waals surface area (Å²) in [5, 5.41) is 3.50. The molecular weight excluding hydrogens is 238 g/mol. The molecule has 2 unspecified atom stereocenters. The number of nitrogens with one attached hydrogen (secondary N) is 1. The number of likely N-dealkylation sites (N-methyl/N-ethyl adjacent to an activating group) is 1. The predicted molar refractivity (Wildman–Crippen MR) is 75.2 cm³/mol. The van der Waals surface area contributed by atoms with Crippen LogP contribution in [0.4, 0.5) is 0 Å². The van der Waals surface area contributed by atoms with E-state index in [0.717, 1.165) is 39.1 Å². The van der Waals surface area contributed by atoms with Crippen LogP contribution in [0.2, 0.25) is 0 Å². The minimum absolute atomic E-state index is 0.193. The van der Waals surface area contributed by atoms with E-state index in [1.165, 1.54) is 11.1 Å². The van der Waals surface area contributed by atoms with Crippen molar-refractivity contribution in [1.82, 2.24) is 5.32 Å². The maximum atomic E-state index is 6.11. The van der Waals surface area contributed by atoms with E-state index in [0.29, 0.717) is 12.0 Å². The molecule has 0 amide bonds. The van der Waals surface area contributed by atoms with Crippen LogP contribution in [-0.4, -0.2) is 32.9 Å². The summed E-state index contributed by atoms with van der Waals surface area (Å²) in [6.45, 7) is 2.61. The predicted octanol–water partition coefficient (Wildman–Crippen LogP) is 2.32. The van der Waals surface area contributed by atoms with Gasteiger partial charge in [0.05, 0.1) is 12.7 Å². The van der Waals surface area contributed by atoms with E-state index in [2.05, 4.69) is 36.6 Å². The second-order valence-corrected chi connectivity index (χ2v) is 5.50. The van der Waals surface area contributed by atoms with Crippen LogP contribution in [0, 0.1) is 5.92 Å². The van der Waals surface area contributed by atoms with E-state index in [-0.39, 0.29) is 6.10 Å². The van der Waals surface area contributed by atoms with Gasteiger partial charge in [0.15, 0.2) is 0 Å². The summed E-state index contributed by atoms with van der Waals surface area (Å²) >= 11 is 0. The first-order chi connectivity index (χ1) is 9.40. The first-order valence-corrected chi connectivity index (χ1v) is 7.34.